The number of carbonyl (C=O) groups is 1. The van der Waals surface area contributed by atoms with E-state index >= 15 is 0 Å². The molecule has 0 aliphatic heterocycles. The van der Waals surface area contributed by atoms with Crippen molar-refractivity contribution in [2.75, 3.05) is 5.32 Å². The quantitative estimate of drug-likeness (QED) is 0.913. The molecule has 0 bridgehead atoms. The standard InChI is InChI=1S/C11H9ClN2OS/c12-9-7-13-16-11(9)14-10(15)6-8-4-2-1-3-5-8/h1-5,7H,6H2,(H,14,15). The van der Waals surface area contributed by atoms with Crippen LogP contribution in [0.1, 0.15) is 5.56 Å². The summed E-state index contributed by atoms with van der Waals surface area (Å²) in [7, 11) is 0. The van der Waals surface area contributed by atoms with Crippen molar-refractivity contribution in [1.29, 1.82) is 0 Å². The van der Waals surface area contributed by atoms with E-state index in [1.54, 1.807) is 0 Å². The van der Waals surface area contributed by atoms with Crippen LogP contribution in [0.3, 0.4) is 0 Å². The first-order valence-electron chi connectivity index (χ1n) is 4.69. The molecule has 5 heteroatoms. The first kappa shape index (κ1) is 11.1. The van der Waals surface area contributed by atoms with Crippen molar-refractivity contribution in [3.63, 3.8) is 0 Å². The summed E-state index contributed by atoms with van der Waals surface area (Å²) in [6.07, 6.45) is 1.86. The largest absolute Gasteiger partial charge is 0.315 e. The van der Waals surface area contributed by atoms with Gasteiger partial charge in [0.05, 0.1) is 17.6 Å². The second kappa shape index (κ2) is 5.09. The van der Waals surface area contributed by atoms with Crippen LogP contribution in [-0.2, 0) is 11.2 Å². The van der Waals surface area contributed by atoms with Crippen LogP contribution in [-0.4, -0.2) is 10.3 Å². The van der Waals surface area contributed by atoms with Crippen molar-refractivity contribution in [3.05, 3.63) is 47.1 Å². The lowest BCUT2D eigenvalue weighted by Gasteiger charge is -2.02. The molecule has 0 saturated carbocycles. The van der Waals surface area contributed by atoms with Crippen molar-refractivity contribution in [1.82, 2.24) is 4.37 Å². The maximum absolute atomic E-state index is 11.6. The highest BCUT2D eigenvalue weighted by Crippen LogP contribution is 2.25. The van der Waals surface area contributed by atoms with Crippen molar-refractivity contribution in [2.24, 2.45) is 0 Å². The number of anilines is 1. The number of hydrogen-bond acceptors (Lipinski definition) is 3. The van der Waals surface area contributed by atoms with Crippen LogP contribution in [0.4, 0.5) is 5.00 Å². The SMILES string of the molecule is O=C(Cc1ccccc1)Nc1sncc1Cl. The number of nitrogens with one attached hydrogen (secondary N) is 1. The number of hydrogen-bond donors (Lipinski definition) is 1. The normalized spacial score (nSPS) is 10.1. The molecule has 0 atom stereocenters. The smallest absolute Gasteiger partial charge is 0.229 e. The molecule has 0 radical (unpaired) electrons. The zero-order chi connectivity index (χ0) is 11.4. The molecule has 82 valence electrons. The molecule has 0 aliphatic rings. The highest BCUT2D eigenvalue weighted by molar-refractivity contribution is 7.11. The van der Waals surface area contributed by atoms with E-state index in [0.717, 1.165) is 5.56 Å². The van der Waals surface area contributed by atoms with Crippen molar-refractivity contribution in [2.45, 2.75) is 6.42 Å². The van der Waals surface area contributed by atoms with Crippen LogP contribution in [0, 0.1) is 0 Å². The Morgan fingerprint density at radius 2 is 2.12 bits per heavy atom. The fraction of sp³-hybridized carbons (Fsp3) is 0.0909. The Balaban J connectivity index is 1.98. The summed E-state index contributed by atoms with van der Waals surface area (Å²) < 4.78 is 3.88. The summed E-state index contributed by atoms with van der Waals surface area (Å²) in [6.45, 7) is 0. The van der Waals surface area contributed by atoms with Gasteiger partial charge in [0.1, 0.15) is 5.00 Å². The lowest BCUT2D eigenvalue weighted by Crippen LogP contribution is -2.13. The number of rotatable bonds is 3. The van der Waals surface area contributed by atoms with Crippen LogP contribution in [0.5, 0.6) is 0 Å². The fourth-order valence-electron chi connectivity index (χ4n) is 1.26. The van der Waals surface area contributed by atoms with E-state index in [4.69, 9.17) is 11.6 Å². The van der Waals surface area contributed by atoms with E-state index < -0.39 is 0 Å². The summed E-state index contributed by atoms with van der Waals surface area (Å²) in [5.74, 6) is -0.0858. The molecule has 1 N–H and O–H groups in total. The number of carbonyl (C=O) groups excluding carboxylic acids is 1. The third-order valence-corrected chi connectivity index (χ3v) is 3.10. The highest BCUT2D eigenvalue weighted by Gasteiger charge is 2.08. The lowest BCUT2D eigenvalue weighted by molar-refractivity contribution is -0.115. The molecule has 0 fully saturated rings. The molecule has 1 amide bonds. The van der Waals surface area contributed by atoms with E-state index in [9.17, 15) is 4.79 Å². The average Bonchev–Trinajstić information content (AvgIpc) is 2.66. The number of amides is 1. The van der Waals surface area contributed by atoms with E-state index in [0.29, 0.717) is 16.4 Å². The Hall–Kier alpha value is -1.39. The Bertz CT molecular complexity index is 484. The van der Waals surface area contributed by atoms with Crippen molar-refractivity contribution >= 4 is 34.0 Å². The van der Waals surface area contributed by atoms with E-state index in [-0.39, 0.29) is 5.91 Å². The molecule has 0 unspecified atom stereocenters. The van der Waals surface area contributed by atoms with Gasteiger partial charge in [0.15, 0.2) is 0 Å². The molecule has 2 rings (SSSR count). The number of aromatic nitrogens is 1. The Kier molecular flexibility index (Phi) is 3.54. The van der Waals surface area contributed by atoms with Gasteiger partial charge in [-0.05, 0) is 17.1 Å². The van der Waals surface area contributed by atoms with Crippen LogP contribution < -0.4 is 5.32 Å². The van der Waals surface area contributed by atoms with Crippen LogP contribution in [0.2, 0.25) is 5.02 Å². The van der Waals surface area contributed by atoms with Crippen LogP contribution in [0.25, 0.3) is 0 Å². The van der Waals surface area contributed by atoms with Gasteiger partial charge in [-0.25, -0.2) is 0 Å². The maximum Gasteiger partial charge on any atom is 0.229 e. The van der Waals surface area contributed by atoms with Gasteiger partial charge in [0.2, 0.25) is 5.91 Å². The average molecular weight is 253 g/mol. The molecule has 0 spiro atoms. The van der Waals surface area contributed by atoms with E-state index in [1.807, 2.05) is 30.3 Å². The summed E-state index contributed by atoms with van der Waals surface area (Å²) >= 11 is 6.99. The second-order valence-corrected chi connectivity index (χ2v) is 4.42. The summed E-state index contributed by atoms with van der Waals surface area (Å²) in [5, 5.41) is 3.80. The minimum Gasteiger partial charge on any atom is -0.315 e. The zero-order valence-corrected chi connectivity index (χ0v) is 9.89. The molecule has 0 saturated heterocycles. The number of halogens is 1. The predicted molar refractivity (Wildman–Crippen MR) is 65.9 cm³/mol. The predicted octanol–water partition coefficient (Wildman–Crippen LogP) is 2.98. The monoisotopic (exact) mass is 252 g/mol. The topological polar surface area (TPSA) is 42.0 Å². The first-order chi connectivity index (χ1) is 7.75. The van der Waals surface area contributed by atoms with Gasteiger partial charge in [-0.3, -0.25) is 4.79 Å². The molecular weight excluding hydrogens is 244 g/mol. The maximum atomic E-state index is 11.6. The van der Waals surface area contributed by atoms with Gasteiger partial charge in [-0.1, -0.05) is 41.9 Å². The van der Waals surface area contributed by atoms with Gasteiger partial charge >= 0.3 is 0 Å². The molecule has 2 aromatic rings. The summed E-state index contributed by atoms with van der Waals surface area (Å²) in [4.78, 5) is 11.6. The Morgan fingerprint density at radius 3 is 2.75 bits per heavy atom. The van der Waals surface area contributed by atoms with Crippen LogP contribution in [0.15, 0.2) is 36.5 Å². The number of nitrogens with zero attached hydrogens (tertiary/aromatic N) is 1. The molecule has 1 aromatic carbocycles. The number of benzene rings is 1. The van der Waals surface area contributed by atoms with Crippen molar-refractivity contribution < 1.29 is 4.79 Å². The Labute approximate surface area is 102 Å². The zero-order valence-electron chi connectivity index (χ0n) is 8.31. The summed E-state index contributed by atoms with van der Waals surface area (Å²) in [5.41, 5.74) is 0.973. The van der Waals surface area contributed by atoms with Crippen molar-refractivity contribution in [3.8, 4) is 0 Å². The molecular formula is C11H9ClN2OS. The molecule has 1 heterocycles. The first-order valence-corrected chi connectivity index (χ1v) is 5.85. The lowest BCUT2D eigenvalue weighted by atomic mass is 10.1. The molecule has 1 aromatic heterocycles. The Morgan fingerprint density at radius 1 is 1.38 bits per heavy atom. The van der Waals surface area contributed by atoms with Gasteiger partial charge < -0.3 is 5.32 Å². The van der Waals surface area contributed by atoms with Gasteiger partial charge in [-0.2, -0.15) is 4.37 Å². The third-order valence-electron chi connectivity index (χ3n) is 1.99. The van der Waals surface area contributed by atoms with Gasteiger partial charge in [-0.15, -0.1) is 0 Å². The fourth-order valence-corrected chi connectivity index (χ4v) is 2.08. The van der Waals surface area contributed by atoms with E-state index in [2.05, 4.69) is 9.69 Å². The minimum absolute atomic E-state index is 0.0858. The third kappa shape index (κ3) is 2.81. The van der Waals surface area contributed by atoms with E-state index in [1.165, 1.54) is 17.7 Å². The molecule has 3 nitrogen and oxygen atoms in total. The molecule has 16 heavy (non-hydrogen) atoms. The minimum atomic E-state index is -0.0858. The molecule has 0 aliphatic carbocycles. The van der Waals surface area contributed by atoms with Crippen LogP contribution >= 0.6 is 23.1 Å². The second-order valence-electron chi connectivity index (χ2n) is 3.21. The van der Waals surface area contributed by atoms with Gasteiger partial charge in [0, 0.05) is 0 Å². The highest BCUT2D eigenvalue weighted by atomic mass is 35.5. The summed E-state index contributed by atoms with van der Waals surface area (Å²) in [6, 6.07) is 9.55. The van der Waals surface area contributed by atoms with Gasteiger partial charge in [0.25, 0.3) is 0 Å².